The normalized spacial score (nSPS) is 25.5. The quantitative estimate of drug-likeness (QED) is 0.583. The number of carboxylic acids is 1. The van der Waals surface area contributed by atoms with E-state index in [4.69, 9.17) is 0 Å². The van der Waals surface area contributed by atoms with Gasteiger partial charge in [0.05, 0.1) is 12.0 Å². The fourth-order valence-electron chi connectivity index (χ4n) is 1.48. The Kier molecular flexibility index (Phi) is 3.08. The van der Waals surface area contributed by atoms with Gasteiger partial charge < -0.3 is 9.90 Å². The molecule has 17 heavy (non-hydrogen) atoms. The van der Waals surface area contributed by atoms with Gasteiger partial charge in [-0.1, -0.05) is 6.92 Å². The Bertz CT molecular complexity index is 311. The highest BCUT2D eigenvalue weighted by Crippen LogP contribution is 2.53. The van der Waals surface area contributed by atoms with Crippen molar-refractivity contribution in [2.75, 3.05) is 0 Å². The molecule has 1 N–H and O–H groups in total. The van der Waals surface area contributed by atoms with E-state index in [9.17, 15) is 36.2 Å². The molecule has 1 aliphatic rings. The molecule has 4 nitrogen and oxygen atoms in total. The largest absolute Gasteiger partial charge is 0.548 e. The lowest BCUT2D eigenvalue weighted by molar-refractivity contribution is -0.315. The molecule has 1 heterocycles. The highest BCUT2D eigenvalue weighted by atomic mass is 19.4. The van der Waals surface area contributed by atoms with Crippen LogP contribution in [0.3, 0.4) is 0 Å². The number of carbonyl (C=O) groups is 1. The van der Waals surface area contributed by atoms with E-state index in [1.807, 2.05) is 0 Å². The first-order valence-corrected chi connectivity index (χ1v) is 4.40. The molecule has 0 saturated carbocycles. The number of nitrogens with one attached hydrogen (secondary N) is 1. The molecule has 0 amide bonds. The van der Waals surface area contributed by atoms with Crippen molar-refractivity contribution in [1.82, 2.24) is 10.4 Å². The number of hydrogen-bond acceptors (Lipinski definition) is 4. The van der Waals surface area contributed by atoms with Crippen molar-refractivity contribution in [2.45, 2.75) is 37.4 Å². The molecule has 0 aromatic carbocycles. The Balaban J connectivity index is 3.07. The number of nitrogens with zero attached hydrogens (tertiary/aromatic N) is 1. The zero-order valence-corrected chi connectivity index (χ0v) is 8.32. The molecule has 0 bridgehead atoms. The maximum absolute atomic E-state index is 12.4. The van der Waals surface area contributed by atoms with Gasteiger partial charge in [0, 0.05) is 0 Å². The van der Waals surface area contributed by atoms with E-state index in [0.29, 0.717) is 0 Å². The van der Waals surface area contributed by atoms with Crippen LogP contribution in [0, 0.1) is 0 Å². The van der Waals surface area contributed by atoms with E-state index in [2.05, 4.69) is 0 Å². The van der Waals surface area contributed by atoms with Crippen molar-refractivity contribution < 1.29 is 36.2 Å². The summed E-state index contributed by atoms with van der Waals surface area (Å²) in [6.45, 7) is 1.14. The summed E-state index contributed by atoms with van der Waals surface area (Å²) < 4.78 is 74.2. The summed E-state index contributed by atoms with van der Waals surface area (Å²) in [6, 6.07) is -2.00. The minimum Gasteiger partial charge on any atom is -0.548 e. The molecule has 0 spiro atoms. The predicted molar refractivity (Wildman–Crippen MR) is 38.9 cm³/mol. The highest BCUT2D eigenvalue weighted by molar-refractivity contribution is 5.71. The highest BCUT2D eigenvalue weighted by Gasteiger charge is 2.85. The van der Waals surface area contributed by atoms with E-state index >= 15 is 0 Å². The number of alkyl halides is 6. The van der Waals surface area contributed by atoms with Crippen LogP contribution in [-0.4, -0.2) is 35.0 Å². The number of aliphatic carboxylic acids is 1. The second-order valence-corrected chi connectivity index (χ2v) is 3.43. The lowest BCUT2D eigenvalue weighted by Crippen LogP contribution is -2.54. The second kappa shape index (κ2) is 3.73. The van der Waals surface area contributed by atoms with Crippen LogP contribution in [0.4, 0.5) is 26.3 Å². The molecule has 1 saturated heterocycles. The summed E-state index contributed by atoms with van der Waals surface area (Å²) in [4.78, 5) is 10.4. The maximum Gasteiger partial charge on any atom is 0.431 e. The summed E-state index contributed by atoms with van der Waals surface area (Å²) in [5.74, 6) is -2.00. The summed E-state index contributed by atoms with van der Waals surface area (Å²) in [5.41, 5.74) is -3.23. The molecule has 0 aromatic rings. The number of carboxylic acid groups (broad SMARTS) is 1. The number of hydrogen-bond donors (Lipinski definition) is 1. The lowest BCUT2D eigenvalue weighted by Gasteiger charge is -2.25. The van der Waals surface area contributed by atoms with Gasteiger partial charge in [-0.3, -0.25) is 0 Å². The maximum atomic E-state index is 12.4. The number of rotatable bonds is 3. The van der Waals surface area contributed by atoms with Crippen LogP contribution in [0.25, 0.3) is 0 Å². The average molecular weight is 265 g/mol. The minimum absolute atomic E-state index is 0.387. The molecule has 2 atom stereocenters. The molecule has 0 radical (unpaired) electrons. The van der Waals surface area contributed by atoms with Gasteiger partial charge >= 0.3 is 12.4 Å². The van der Waals surface area contributed by atoms with E-state index in [1.165, 1.54) is 0 Å². The van der Waals surface area contributed by atoms with Crippen LogP contribution in [0.2, 0.25) is 0 Å². The summed E-state index contributed by atoms with van der Waals surface area (Å²) in [5, 5.41) is 10.0. The van der Waals surface area contributed by atoms with E-state index in [1.54, 1.807) is 0 Å². The first kappa shape index (κ1) is 14.0. The fourth-order valence-corrected chi connectivity index (χ4v) is 1.48. The molecule has 0 aromatic heterocycles. The van der Waals surface area contributed by atoms with Gasteiger partial charge in [-0.2, -0.15) is 31.4 Å². The molecule has 1 aliphatic heterocycles. The lowest BCUT2D eigenvalue weighted by atomic mass is 10.1. The SMILES string of the molecule is CCC(C(=O)[O-])N1NC1(C(F)(F)F)C(F)(F)F. The first-order chi connectivity index (χ1) is 7.49. The van der Waals surface area contributed by atoms with Crippen LogP contribution in [0.5, 0.6) is 0 Å². The molecule has 100 valence electrons. The van der Waals surface area contributed by atoms with Gasteiger partial charge in [-0.05, 0) is 6.42 Å². The third-order valence-corrected chi connectivity index (χ3v) is 2.38. The Labute approximate surface area is 91.2 Å². The third kappa shape index (κ3) is 1.95. The molecular weight excluding hydrogens is 258 g/mol. The molecule has 0 aliphatic carbocycles. The van der Waals surface area contributed by atoms with Crippen molar-refractivity contribution in [3.63, 3.8) is 0 Å². The average Bonchev–Trinajstić information content (AvgIpc) is 2.78. The van der Waals surface area contributed by atoms with Gasteiger partial charge in [-0.15, -0.1) is 0 Å². The van der Waals surface area contributed by atoms with Crippen molar-refractivity contribution in [3.8, 4) is 0 Å². The van der Waals surface area contributed by atoms with Crippen LogP contribution in [0.1, 0.15) is 13.3 Å². The van der Waals surface area contributed by atoms with Crippen molar-refractivity contribution in [2.24, 2.45) is 0 Å². The minimum atomic E-state index is -5.67. The summed E-state index contributed by atoms with van der Waals surface area (Å²) >= 11 is 0. The summed E-state index contributed by atoms with van der Waals surface area (Å²) in [6.07, 6.45) is -11.8. The Morgan fingerprint density at radius 3 is 1.88 bits per heavy atom. The third-order valence-electron chi connectivity index (χ3n) is 2.38. The smallest absolute Gasteiger partial charge is 0.431 e. The monoisotopic (exact) mass is 265 g/mol. The molecule has 1 rings (SSSR count). The van der Waals surface area contributed by atoms with Crippen LogP contribution in [-0.2, 0) is 4.79 Å². The summed E-state index contributed by atoms with van der Waals surface area (Å²) in [7, 11) is 0. The Hall–Kier alpha value is -1.03. The van der Waals surface area contributed by atoms with Gasteiger partial charge in [0.15, 0.2) is 0 Å². The molecule has 2 unspecified atom stereocenters. The van der Waals surface area contributed by atoms with Crippen molar-refractivity contribution in [3.05, 3.63) is 0 Å². The Morgan fingerprint density at radius 2 is 1.71 bits per heavy atom. The van der Waals surface area contributed by atoms with Crippen molar-refractivity contribution in [1.29, 1.82) is 0 Å². The first-order valence-electron chi connectivity index (χ1n) is 4.40. The molecule has 10 heteroatoms. The van der Waals surface area contributed by atoms with E-state index in [-0.39, 0.29) is 5.01 Å². The van der Waals surface area contributed by atoms with E-state index in [0.717, 1.165) is 12.3 Å². The number of hydrazine groups is 1. The van der Waals surface area contributed by atoms with Crippen LogP contribution >= 0.6 is 0 Å². The molecular formula is C7H7F6N2O2-. The van der Waals surface area contributed by atoms with Crippen LogP contribution < -0.4 is 10.5 Å². The van der Waals surface area contributed by atoms with Gasteiger partial charge in [0.1, 0.15) is 0 Å². The predicted octanol–water partition coefficient (Wildman–Crippen LogP) is 0.156. The zero-order chi connectivity index (χ0) is 13.6. The van der Waals surface area contributed by atoms with Gasteiger partial charge in [-0.25, -0.2) is 5.43 Å². The second-order valence-electron chi connectivity index (χ2n) is 3.43. The van der Waals surface area contributed by atoms with Gasteiger partial charge in [0.2, 0.25) is 0 Å². The molecule has 1 fully saturated rings. The van der Waals surface area contributed by atoms with Gasteiger partial charge in [0.25, 0.3) is 5.66 Å². The zero-order valence-electron chi connectivity index (χ0n) is 8.32. The Morgan fingerprint density at radius 1 is 1.29 bits per heavy atom. The topological polar surface area (TPSA) is 65.1 Å². The number of carbonyl (C=O) groups excluding carboxylic acids is 1. The van der Waals surface area contributed by atoms with E-state index < -0.39 is 36.4 Å². The standard InChI is InChI=1S/C7H8F6N2O2/c1-2-3(4(16)17)15-5(14-15,6(8,9)10)7(11,12)13/h3,14H,2H2,1H3,(H,16,17)/p-1. The fraction of sp³-hybridized carbons (Fsp3) is 0.857. The van der Waals surface area contributed by atoms with Crippen molar-refractivity contribution >= 4 is 5.97 Å². The number of halogens is 6. The van der Waals surface area contributed by atoms with Crippen LogP contribution in [0.15, 0.2) is 0 Å².